The number of hydrogen-bond acceptors (Lipinski definition) is 3. The lowest BCUT2D eigenvalue weighted by Gasteiger charge is -2.23. The summed E-state index contributed by atoms with van der Waals surface area (Å²) >= 11 is 0. The molecule has 98 valence electrons. The maximum absolute atomic E-state index is 4.17. The fraction of sp³-hybridized carbons (Fsp3) is 0.769. The van der Waals surface area contributed by atoms with Crippen LogP contribution in [-0.4, -0.2) is 46.9 Å². The number of nitrogens with zero attached hydrogens (tertiary/aromatic N) is 3. The molecule has 0 aliphatic rings. The SMILES string of the molecule is CCN(CC)CC(C)NCCc1ccnn1C. The third-order valence-electron chi connectivity index (χ3n) is 3.22. The van der Waals surface area contributed by atoms with Crippen LogP contribution in [0.5, 0.6) is 0 Å². The normalized spacial score (nSPS) is 13.2. The van der Waals surface area contributed by atoms with Gasteiger partial charge >= 0.3 is 0 Å². The Balaban J connectivity index is 2.20. The third-order valence-corrected chi connectivity index (χ3v) is 3.22. The maximum Gasteiger partial charge on any atom is 0.0492 e. The monoisotopic (exact) mass is 238 g/mol. The van der Waals surface area contributed by atoms with Crippen molar-refractivity contribution in [2.24, 2.45) is 7.05 Å². The molecule has 4 nitrogen and oxygen atoms in total. The second-order valence-corrected chi connectivity index (χ2v) is 4.54. The lowest BCUT2D eigenvalue weighted by atomic mass is 10.2. The molecule has 0 bridgehead atoms. The van der Waals surface area contributed by atoms with Crippen molar-refractivity contribution >= 4 is 0 Å². The molecule has 1 heterocycles. The van der Waals surface area contributed by atoms with Crippen LogP contribution in [0.4, 0.5) is 0 Å². The minimum absolute atomic E-state index is 0.545. The molecule has 1 rings (SSSR count). The van der Waals surface area contributed by atoms with Crippen LogP contribution < -0.4 is 5.32 Å². The molecule has 0 spiro atoms. The number of rotatable bonds is 8. The molecule has 0 saturated carbocycles. The summed E-state index contributed by atoms with van der Waals surface area (Å²) in [4.78, 5) is 2.45. The summed E-state index contributed by atoms with van der Waals surface area (Å²) in [6.07, 6.45) is 2.90. The molecule has 0 aliphatic carbocycles. The molecule has 17 heavy (non-hydrogen) atoms. The topological polar surface area (TPSA) is 33.1 Å². The molecule has 0 aromatic carbocycles. The predicted octanol–water partition coefficient (Wildman–Crippen LogP) is 1.28. The summed E-state index contributed by atoms with van der Waals surface area (Å²) < 4.78 is 1.94. The maximum atomic E-state index is 4.17. The second kappa shape index (κ2) is 7.45. The Labute approximate surface area is 105 Å². The Morgan fingerprint density at radius 3 is 2.65 bits per heavy atom. The Morgan fingerprint density at radius 2 is 2.12 bits per heavy atom. The van der Waals surface area contributed by atoms with Gasteiger partial charge in [-0.05, 0) is 26.1 Å². The van der Waals surface area contributed by atoms with Crippen LogP contribution in [0.15, 0.2) is 12.3 Å². The molecule has 1 aromatic heterocycles. The molecule has 1 N–H and O–H groups in total. The van der Waals surface area contributed by atoms with E-state index in [4.69, 9.17) is 0 Å². The van der Waals surface area contributed by atoms with E-state index in [-0.39, 0.29) is 0 Å². The highest BCUT2D eigenvalue weighted by atomic mass is 15.3. The first-order valence-corrected chi connectivity index (χ1v) is 6.60. The van der Waals surface area contributed by atoms with Crippen molar-refractivity contribution in [1.82, 2.24) is 20.0 Å². The minimum Gasteiger partial charge on any atom is -0.313 e. The van der Waals surface area contributed by atoms with Crippen molar-refractivity contribution < 1.29 is 0 Å². The van der Waals surface area contributed by atoms with E-state index in [2.05, 4.69) is 42.2 Å². The number of likely N-dealkylation sites (N-methyl/N-ethyl adjacent to an activating group) is 1. The smallest absolute Gasteiger partial charge is 0.0492 e. The summed E-state index contributed by atoms with van der Waals surface area (Å²) in [7, 11) is 1.99. The van der Waals surface area contributed by atoms with Gasteiger partial charge < -0.3 is 10.2 Å². The molecule has 0 amide bonds. The van der Waals surface area contributed by atoms with Gasteiger partial charge in [0.2, 0.25) is 0 Å². The average Bonchev–Trinajstić information content (AvgIpc) is 2.72. The van der Waals surface area contributed by atoms with Gasteiger partial charge in [-0.15, -0.1) is 0 Å². The Kier molecular flexibility index (Phi) is 6.22. The first-order chi connectivity index (χ1) is 8.17. The third kappa shape index (κ3) is 4.88. The largest absolute Gasteiger partial charge is 0.313 e. The van der Waals surface area contributed by atoms with Crippen LogP contribution in [0, 0.1) is 0 Å². The van der Waals surface area contributed by atoms with Gasteiger partial charge in [0, 0.05) is 44.5 Å². The van der Waals surface area contributed by atoms with Crippen LogP contribution in [-0.2, 0) is 13.5 Å². The van der Waals surface area contributed by atoms with E-state index in [9.17, 15) is 0 Å². The van der Waals surface area contributed by atoms with Crippen LogP contribution >= 0.6 is 0 Å². The molecular formula is C13H26N4. The summed E-state index contributed by atoms with van der Waals surface area (Å²) in [6, 6.07) is 2.62. The van der Waals surface area contributed by atoms with Gasteiger partial charge in [0.1, 0.15) is 0 Å². The molecule has 0 fully saturated rings. The molecule has 1 atom stereocenters. The summed E-state index contributed by atoms with van der Waals surface area (Å²) in [5, 5.41) is 7.73. The number of nitrogens with one attached hydrogen (secondary N) is 1. The lowest BCUT2D eigenvalue weighted by molar-refractivity contribution is 0.271. The van der Waals surface area contributed by atoms with E-state index in [1.54, 1.807) is 0 Å². The first kappa shape index (κ1) is 14.2. The summed E-state index contributed by atoms with van der Waals surface area (Å²) in [5.41, 5.74) is 1.28. The quantitative estimate of drug-likeness (QED) is 0.741. The van der Waals surface area contributed by atoms with Gasteiger partial charge in [0.25, 0.3) is 0 Å². The summed E-state index contributed by atoms with van der Waals surface area (Å²) in [6.45, 7) is 11.1. The number of hydrogen-bond donors (Lipinski definition) is 1. The average molecular weight is 238 g/mol. The Morgan fingerprint density at radius 1 is 1.41 bits per heavy atom. The van der Waals surface area contributed by atoms with Crippen molar-refractivity contribution in [3.8, 4) is 0 Å². The minimum atomic E-state index is 0.545. The predicted molar refractivity (Wildman–Crippen MR) is 72.2 cm³/mol. The zero-order chi connectivity index (χ0) is 12.7. The lowest BCUT2D eigenvalue weighted by Crippen LogP contribution is -2.39. The van der Waals surface area contributed by atoms with E-state index < -0.39 is 0 Å². The highest BCUT2D eigenvalue weighted by Crippen LogP contribution is 1.97. The zero-order valence-corrected chi connectivity index (χ0v) is 11.6. The van der Waals surface area contributed by atoms with E-state index in [0.29, 0.717) is 6.04 Å². The van der Waals surface area contributed by atoms with Gasteiger partial charge in [-0.25, -0.2) is 0 Å². The molecular weight excluding hydrogens is 212 g/mol. The van der Waals surface area contributed by atoms with Gasteiger partial charge in [-0.2, -0.15) is 5.10 Å². The van der Waals surface area contributed by atoms with E-state index in [1.165, 1.54) is 5.69 Å². The van der Waals surface area contributed by atoms with Crippen LogP contribution in [0.3, 0.4) is 0 Å². The molecule has 1 unspecified atom stereocenters. The van der Waals surface area contributed by atoms with E-state index in [0.717, 1.165) is 32.6 Å². The molecule has 0 radical (unpaired) electrons. The van der Waals surface area contributed by atoms with Crippen LogP contribution in [0.2, 0.25) is 0 Å². The highest BCUT2D eigenvalue weighted by molar-refractivity contribution is 5.00. The fourth-order valence-corrected chi connectivity index (χ4v) is 2.03. The van der Waals surface area contributed by atoms with Crippen LogP contribution in [0.25, 0.3) is 0 Å². The van der Waals surface area contributed by atoms with E-state index >= 15 is 0 Å². The first-order valence-electron chi connectivity index (χ1n) is 6.60. The van der Waals surface area contributed by atoms with Gasteiger partial charge in [-0.1, -0.05) is 13.8 Å². The van der Waals surface area contributed by atoms with Crippen LogP contribution in [0.1, 0.15) is 26.5 Å². The number of aryl methyl sites for hydroxylation is 1. The second-order valence-electron chi connectivity index (χ2n) is 4.54. The fourth-order valence-electron chi connectivity index (χ4n) is 2.03. The Bertz CT molecular complexity index is 304. The van der Waals surface area contributed by atoms with Gasteiger partial charge in [0.15, 0.2) is 0 Å². The Hall–Kier alpha value is -0.870. The molecule has 0 aliphatic heterocycles. The summed E-state index contributed by atoms with van der Waals surface area (Å²) in [5.74, 6) is 0. The van der Waals surface area contributed by atoms with Crippen molar-refractivity contribution in [1.29, 1.82) is 0 Å². The zero-order valence-electron chi connectivity index (χ0n) is 11.6. The van der Waals surface area contributed by atoms with Crippen molar-refractivity contribution in [3.63, 3.8) is 0 Å². The van der Waals surface area contributed by atoms with E-state index in [1.807, 2.05) is 17.9 Å². The van der Waals surface area contributed by atoms with Crippen molar-refractivity contribution in [2.45, 2.75) is 33.2 Å². The molecule has 4 heteroatoms. The van der Waals surface area contributed by atoms with Gasteiger partial charge in [0.05, 0.1) is 0 Å². The highest BCUT2D eigenvalue weighted by Gasteiger charge is 2.06. The molecule has 1 aromatic rings. The standard InChI is InChI=1S/C13H26N4/c1-5-17(6-2)11-12(3)14-9-7-13-8-10-15-16(13)4/h8,10,12,14H,5-7,9,11H2,1-4H3. The van der Waals surface area contributed by atoms with Crippen molar-refractivity contribution in [2.75, 3.05) is 26.2 Å². The molecule has 0 saturated heterocycles. The number of aromatic nitrogens is 2. The van der Waals surface area contributed by atoms with Gasteiger partial charge in [-0.3, -0.25) is 4.68 Å². The van der Waals surface area contributed by atoms with Crippen molar-refractivity contribution in [3.05, 3.63) is 18.0 Å².